The first kappa shape index (κ1) is 28.3. The van der Waals surface area contributed by atoms with Gasteiger partial charge in [0.05, 0.1) is 22.0 Å². The molecule has 2 heterocycles. The molecule has 0 radical (unpaired) electrons. The van der Waals surface area contributed by atoms with Crippen LogP contribution in [0.3, 0.4) is 0 Å². The second kappa shape index (κ2) is 9.72. The summed E-state index contributed by atoms with van der Waals surface area (Å²) >= 11 is 0. The Kier molecular flexibility index (Phi) is 6.72. The highest BCUT2D eigenvalue weighted by Gasteiger charge is 2.31. The minimum atomic E-state index is -0.393. The van der Waals surface area contributed by atoms with E-state index >= 15 is 0 Å². The fraction of sp³-hybridized carbons (Fsp3) is 0.343. The van der Waals surface area contributed by atoms with Gasteiger partial charge < -0.3 is 4.74 Å². The summed E-state index contributed by atoms with van der Waals surface area (Å²) in [6, 6.07) is 22.1. The van der Waals surface area contributed by atoms with E-state index in [9.17, 15) is 10.1 Å². The number of benzene rings is 3. The smallest absolute Gasteiger partial charge is 0.276 e. The molecule has 212 valence electrons. The lowest BCUT2D eigenvalue weighted by Crippen LogP contribution is -2.19. The topological polar surface area (TPSA) is 70.2 Å². The maximum Gasteiger partial charge on any atom is 0.276 e. The van der Waals surface area contributed by atoms with Gasteiger partial charge in [-0.05, 0) is 58.2 Å². The van der Waals surface area contributed by atoms with Gasteiger partial charge in [-0.15, -0.1) is 0 Å². The zero-order valence-corrected chi connectivity index (χ0v) is 25.5. The predicted molar refractivity (Wildman–Crippen MR) is 168 cm³/mol. The molecule has 0 amide bonds. The Labute approximate surface area is 242 Å². The summed E-state index contributed by atoms with van der Waals surface area (Å²) in [6.07, 6.45) is 1.86. The van der Waals surface area contributed by atoms with E-state index in [4.69, 9.17) is 9.72 Å². The van der Waals surface area contributed by atoms with Gasteiger partial charge in [0.15, 0.2) is 0 Å². The second-order valence-corrected chi connectivity index (χ2v) is 13.9. The van der Waals surface area contributed by atoms with Crippen LogP contribution < -0.4 is 4.74 Å². The van der Waals surface area contributed by atoms with Crippen molar-refractivity contribution in [1.82, 2.24) is 9.55 Å². The van der Waals surface area contributed by atoms with E-state index in [0.29, 0.717) is 17.1 Å². The molecule has 0 saturated carbocycles. The fourth-order valence-corrected chi connectivity index (χ4v) is 5.39. The molecule has 2 aromatic heterocycles. The van der Waals surface area contributed by atoms with Crippen LogP contribution in [0.4, 0.5) is 5.69 Å². The molecule has 0 N–H and O–H groups in total. The number of nitro groups is 1. The SMILES string of the molecule is CC(C)(C)c1ccnc(-n2c3ccccc3c3ccc(Oc4cc([N+](=O)[O-])c(C(C)(C)C)cc4C(C)(C)C)cc32)c1. The Hall–Kier alpha value is -4.19. The Balaban J connectivity index is 1.72. The van der Waals surface area contributed by atoms with Crippen molar-refractivity contribution in [3.8, 4) is 17.3 Å². The van der Waals surface area contributed by atoms with Crippen LogP contribution in [0.15, 0.2) is 72.9 Å². The van der Waals surface area contributed by atoms with Crippen LogP contribution >= 0.6 is 0 Å². The van der Waals surface area contributed by atoms with E-state index in [1.54, 1.807) is 6.07 Å². The van der Waals surface area contributed by atoms with Crippen molar-refractivity contribution in [3.05, 3.63) is 99.7 Å². The lowest BCUT2D eigenvalue weighted by Gasteiger charge is -2.27. The summed E-state index contributed by atoms with van der Waals surface area (Å²) in [5.74, 6) is 1.94. The van der Waals surface area contributed by atoms with Crippen molar-refractivity contribution >= 4 is 27.5 Å². The van der Waals surface area contributed by atoms with Crippen LogP contribution in [-0.2, 0) is 16.2 Å². The number of pyridine rings is 1. The van der Waals surface area contributed by atoms with Gasteiger partial charge in [-0.1, -0.05) is 80.5 Å². The normalized spacial score (nSPS) is 12.7. The lowest BCUT2D eigenvalue weighted by atomic mass is 9.79. The first-order valence-electron chi connectivity index (χ1n) is 14.1. The zero-order chi connectivity index (χ0) is 29.9. The van der Waals surface area contributed by atoms with Crippen LogP contribution in [0.25, 0.3) is 27.6 Å². The first-order chi connectivity index (χ1) is 19.1. The third kappa shape index (κ3) is 5.31. The Morgan fingerprint density at radius 3 is 2.02 bits per heavy atom. The number of hydrogen-bond donors (Lipinski definition) is 0. The van der Waals surface area contributed by atoms with Gasteiger partial charge in [0.1, 0.15) is 17.3 Å². The van der Waals surface area contributed by atoms with Crippen LogP contribution in [0.1, 0.15) is 79.0 Å². The molecular formula is C35H39N3O3. The van der Waals surface area contributed by atoms with Gasteiger partial charge in [0, 0.05) is 34.2 Å². The van der Waals surface area contributed by atoms with E-state index in [-0.39, 0.29) is 21.4 Å². The number of ether oxygens (including phenoxy) is 1. The quantitative estimate of drug-likeness (QED) is 0.165. The second-order valence-electron chi connectivity index (χ2n) is 13.9. The standard InChI is InChI=1S/C35H39N3O3/c1-33(2,3)22-16-17-36-32(18-22)37-28-13-11-10-12-24(28)25-15-14-23(19-29(25)37)41-31-21-30(38(39)40)26(34(4,5)6)20-27(31)35(7,8)9/h10-21H,1-9H3. The number of nitro benzene ring substituents is 1. The Morgan fingerprint density at radius 1 is 0.732 bits per heavy atom. The number of para-hydroxylation sites is 1. The largest absolute Gasteiger partial charge is 0.457 e. The van der Waals surface area contributed by atoms with Gasteiger partial charge in [-0.25, -0.2) is 4.98 Å². The molecule has 3 aromatic carbocycles. The molecule has 41 heavy (non-hydrogen) atoms. The van der Waals surface area contributed by atoms with Crippen molar-refractivity contribution in [2.24, 2.45) is 0 Å². The summed E-state index contributed by atoms with van der Waals surface area (Å²) in [7, 11) is 0. The number of fused-ring (bicyclic) bond motifs is 3. The third-order valence-corrected chi connectivity index (χ3v) is 7.62. The maximum atomic E-state index is 12.1. The molecular weight excluding hydrogens is 510 g/mol. The minimum absolute atomic E-state index is 0.0258. The molecule has 0 saturated heterocycles. The van der Waals surface area contributed by atoms with Gasteiger partial charge in [0.25, 0.3) is 5.69 Å². The first-order valence-corrected chi connectivity index (χ1v) is 14.1. The molecule has 6 heteroatoms. The summed E-state index contributed by atoms with van der Waals surface area (Å²) in [6.45, 7) is 18.9. The van der Waals surface area contributed by atoms with Crippen molar-refractivity contribution in [2.75, 3.05) is 0 Å². The fourth-order valence-electron chi connectivity index (χ4n) is 5.39. The summed E-state index contributed by atoms with van der Waals surface area (Å²) < 4.78 is 8.70. The highest BCUT2D eigenvalue weighted by atomic mass is 16.6. The lowest BCUT2D eigenvalue weighted by molar-refractivity contribution is -0.386. The average Bonchev–Trinajstić information content (AvgIpc) is 3.20. The van der Waals surface area contributed by atoms with Crippen molar-refractivity contribution in [1.29, 1.82) is 0 Å². The van der Waals surface area contributed by atoms with Gasteiger partial charge in [-0.2, -0.15) is 0 Å². The monoisotopic (exact) mass is 549 g/mol. The van der Waals surface area contributed by atoms with Crippen LogP contribution in [0.5, 0.6) is 11.5 Å². The molecule has 0 aliphatic heterocycles. The van der Waals surface area contributed by atoms with Gasteiger partial charge in [-0.3, -0.25) is 14.7 Å². The highest BCUT2D eigenvalue weighted by molar-refractivity contribution is 6.09. The average molecular weight is 550 g/mol. The van der Waals surface area contributed by atoms with E-state index in [1.165, 1.54) is 5.56 Å². The van der Waals surface area contributed by atoms with Crippen LogP contribution in [-0.4, -0.2) is 14.5 Å². The highest BCUT2D eigenvalue weighted by Crippen LogP contribution is 2.43. The summed E-state index contributed by atoms with van der Waals surface area (Å²) in [5, 5.41) is 14.4. The predicted octanol–water partition coefficient (Wildman–Crippen LogP) is 9.77. The molecule has 0 atom stereocenters. The summed E-state index contributed by atoms with van der Waals surface area (Å²) in [4.78, 5) is 16.6. The minimum Gasteiger partial charge on any atom is -0.457 e. The van der Waals surface area contributed by atoms with Crippen LogP contribution in [0, 0.1) is 10.1 Å². The van der Waals surface area contributed by atoms with Gasteiger partial charge in [0.2, 0.25) is 0 Å². The molecule has 0 bridgehead atoms. The number of nitrogens with zero attached hydrogens (tertiary/aromatic N) is 3. The van der Waals surface area contributed by atoms with Crippen molar-refractivity contribution < 1.29 is 9.66 Å². The zero-order valence-electron chi connectivity index (χ0n) is 25.5. The third-order valence-electron chi connectivity index (χ3n) is 7.62. The van der Waals surface area contributed by atoms with Crippen molar-refractivity contribution in [3.63, 3.8) is 0 Å². The molecule has 0 fully saturated rings. The van der Waals surface area contributed by atoms with E-state index in [0.717, 1.165) is 33.2 Å². The Bertz CT molecular complexity index is 1790. The molecule has 0 spiro atoms. The molecule has 5 rings (SSSR count). The molecule has 0 aliphatic rings. The van der Waals surface area contributed by atoms with E-state index < -0.39 is 5.41 Å². The molecule has 5 aromatic rings. The van der Waals surface area contributed by atoms with Gasteiger partial charge >= 0.3 is 0 Å². The molecule has 6 nitrogen and oxygen atoms in total. The number of rotatable bonds is 4. The van der Waals surface area contributed by atoms with Crippen LogP contribution in [0.2, 0.25) is 0 Å². The Morgan fingerprint density at radius 2 is 1.39 bits per heavy atom. The van der Waals surface area contributed by atoms with Crippen molar-refractivity contribution in [2.45, 2.75) is 78.6 Å². The number of aromatic nitrogens is 2. The molecule has 0 aliphatic carbocycles. The molecule has 0 unspecified atom stereocenters. The number of hydrogen-bond acceptors (Lipinski definition) is 4. The maximum absolute atomic E-state index is 12.1. The van der Waals surface area contributed by atoms with E-state index in [2.05, 4.69) is 76.4 Å². The van der Waals surface area contributed by atoms with E-state index in [1.807, 2.05) is 57.3 Å². The summed E-state index contributed by atoms with van der Waals surface area (Å²) in [5.41, 5.74) is 4.19.